The van der Waals surface area contributed by atoms with E-state index in [0.717, 1.165) is 10.2 Å². The molecule has 0 aliphatic rings. The standard InChI is InChI=1S/C13H23BrN2O2S/c1-4-10(15)13(11-5-6-12(14)19-11)16(2)7-9(17)8-18-3/h5-6,9-10,13,17H,4,7-8,15H2,1-3H3. The van der Waals surface area contributed by atoms with Gasteiger partial charge in [0.1, 0.15) is 0 Å². The maximum Gasteiger partial charge on any atom is 0.0900 e. The van der Waals surface area contributed by atoms with Crippen LogP contribution >= 0.6 is 27.3 Å². The van der Waals surface area contributed by atoms with Gasteiger partial charge in [0.05, 0.1) is 22.5 Å². The van der Waals surface area contributed by atoms with Crippen molar-refractivity contribution in [3.63, 3.8) is 0 Å². The first-order chi connectivity index (χ1) is 8.99. The van der Waals surface area contributed by atoms with Crippen molar-refractivity contribution in [3.05, 3.63) is 20.8 Å². The van der Waals surface area contributed by atoms with Crippen molar-refractivity contribution in [3.8, 4) is 0 Å². The fourth-order valence-electron chi connectivity index (χ4n) is 2.16. The number of likely N-dealkylation sites (N-methyl/N-ethyl adjacent to an activating group) is 1. The van der Waals surface area contributed by atoms with E-state index >= 15 is 0 Å². The lowest BCUT2D eigenvalue weighted by Crippen LogP contribution is -2.42. The van der Waals surface area contributed by atoms with Crippen molar-refractivity contribution in [2.24, 2.45) is 5.73 Å². The maximum absolute atomic E-state index is 9.86. The number of rotatable bonds is 8. The molecule has 0 amide bonds. The molecule has 110 valence electrons. The molecule has 0 aromatic carbocycles. The number of ether oxygens (including phenoxy) is 1. The zero-order valence-electron chi connectivity index (χ0n) is 11.7. The van der Waals surface area contributed by atoms with Crippen molar-refractivity contribution in [2.45, 2.75) is 31.5 Å². The first-order valence-electron chi connectivity index (χ1n) is 6.37. The number of hydrogen-bond donors (Lipinski definition) is 2. The summed E-state index contributed by atoms with van der Waals surface area (Å²) in [5.74, 6) is 0. The van der Waals surface area contributed by atoms with Gasteiger partial charge in [0.15, 0.2) is 0 Å². The number of aliphatic hydroxyl groups excluding tert-OH is 1. The topological polar surface area (TPSA) is 58.7 Å². The Morgan fingerprint density at radius 1 is 1.53 bits per heavy atom. The van der Waals surface area contributed by atoms with Gasteiger partial charge in [-0.3, -0.25) is 4.90 Å². The van der Waals surface area contributed by atoms with E-state index in [2.05, 4.69) is 33.8 Å². The predicted molar refractivity (Wildman–Crippen MR) is 83.5 cm³/mol. The first-order valence-corrected chi connectivity index (χ1v) is 7.98. The minimum atomic E-state index is -0.495. The maximum atomic E-state index is 9.86. The summed E-state index contributed by atoms with van der Waals surface area (Å²) in [6.07, 6.45) is 0.398. The third kappa shape index (κ3) is 5.13. The summed E-state index contributed by atoms with van der Waals surface area (Å²) in [6, 6.07) is 4.29. The van der Waals surface area contributed by atoms with Gasteiger partial charge in [0.25, 0.3) is 0 Å². The summed E-state index contributed by atoms with van der Waals surface area (Å²) in [5, 5.41) is 9.86. The van der Waals surface area contributed by atoms with E-state index < -0.39 is 6.10 Å². The summed E-state index contributed by atoms with van der Waals surface area (Å²) in [6.45, 7) is 2.97. The Morgan fingerprint density at radius 2 is 2.21 bits per heavy atom. The van der Waals surface area contributed by atoms with Gasteiger partial charge in [-0.25, -0.2) is 0 Å². The quantitative estimate of drug-likeness (QED) is 0.754. The Labute approximate surface area is 127 Å². The van der Waals surface area contributed by atoms with Crippen LogP contribution in [0.25, 0.3) is 0 Å². The Hall–Kier alpha value is 0.0200. The fourth-order valence-corrected chi connectivity index (χ4v) is 3.82. The van der Waals surface area contributed by atoms with E-state index in [1.54, 1.807) is 18.4 Å². The van der Waals surface area contributed by atoms with E-state index in [-0.39, 0.29) is 12.1 Å². The molecule has 6 heteroatoms. The summed E-state index contributed by atoms with van der Waals surface area (Å²) < 4.78 is 6.07. The summed E-state index contributed by atoms with van der Waals surface area (Å²) in [4.78, 5) is 3.32. The van der Waals surface area contributed by atoms with Gasteiger partial charge >= 0.3 is 0 Å². The van der Waals surface area contributed by atoms with Gasteiger partial charge in [-0.1, -0.05) is 6.92 Å². The van der Waals surface area contributed by atoms with Gasteiger partial charge in [0, 0.05) is 24.6 Å². The van der Waals surface area contributed by atoms with Crippen LogP contribution in [0, 0.1) is 0 Å². The van der Waals surface area contributed by atoms with E-state index in [0.29, 0.717) is 13.2 Å². The largest absolute Gasteiger partial charge is 0.389 e. The van der Waals surface area contributed by atoms with Crippen LogP contribution in [-0.4, -0.2) is 49.5 Å². The molecular weight excluding hydrogens is 328 g/mol. The molecule has 0 aliphatic carbocycles. The molecular formula is C13H23BrN2O2S. The molecule has 0 saturated carbocycles. The van der Waals surface area contributed by atoms with Gasteiger partial charge in [-0.2, -0.15) is 0 Å². The van der Waals surface area contributed by atoms with Crippen LogP contribution in [0.5, 0.6) is 0 Å². The van der Waals surface area contributed by atoms with E-state index in [1.807, 2.05) is 13.1 Å². The minimum Gasteiger partial charge on any atom is -0.389 e. The first kappa shape index (κ1) is 17.1. The lowest BCUT2D eigenvalue weighted by molar-refractivity contribution is 0.0313. The molecule has 1 rings (SSSR count). The van der Waals surface area contributed by atoms with Crippen LogP contribution in [0.3, 0.4) is 0 Å². The Bertz CT molecular complexity index is 375. The molecule has 0 aliphatic heterocycles. The molecule has 3 N–H and O–H groups in total. The van der Waals surface area contributed by atoms with Crippen LogP contribution in [0.4, 0.5) is 0 Å². The average Bonchev–Trinajstić information content (AvgIpc) is 2.75. The van der Waals surface area contributed by atoms with Crippen molar-refractivity contribution < 1.29 is 9.84 Å². The van der Waals surface area contributed by atoms with E-state index in [9.17, 15) is 5.11 Å². The fraction of sp³-hybridized carbons (Fsp3) is 0.692. The van der Waals surface area contributed by atoms with Crippen molar-refractivity contribution in [2.75, 3.05) is 27.3 Å². The monoisotopic (exact) mass is 350 g/mol. The number of hydrogen-bond acceptors (Lipinski definition) is 5. The van der Waals surface area contributed by atoms with Crippen LogP contribution in [0.2, 0.25) is 0 Å². The molecule has 0 saturated heterocycles. The van der Waals surface area contributed by atoms with E-state index in [4.69, 9.17) is 10.5 Å². The highest BCUT2D eigenvalue weighted by Crippen LogP contribution is 2.32. The average molecular weight is 351 g/mol. The van der Waals surface area contributed by atoms with Crippen molar-refractivity contribution in [1.29, 1.82) is 0 Å². The van der Waals surface area contributed by atoms with Crippen LogP contribution in [0.1, 0.15) is 24.3 Å². The van der Waals surface area contributed by atoms with Crippen LogP contribution in [-0.2, 0) is 4.74 Å². The second-order valence-corrected chi connectivity index (χ2v) is 7.20. The van der Waals surface area contributed by atoms with Gasteiger partial charge in [-0.05, 0) is 41.5 Å². The molecule has 0 radical (unpaired) electrons. The lowest BCUT2D eigenvalue weighted by Gasteiger charge is -2.32. The lowest BCUT2D eigenvalue weighted by atomic mass is 10.0. The number of aliphatic hydroxyl groups is 1. The Balaban J connectivity index is 2.79. The third-order valence-corrected chi connectivity index (χ3v) is 4.79. The number of nitrogens with two attached hydrogens (primary N) is 1. The van der Waals surface area contributed by atoms with Gasteiger partial charge in [-0.15, -0.1) is 11.3 Å². The number of halogens is 1. The molecule has 1 aromatic rings. The van der Waals surface area contributed by atoms with Crippen LogP contribution < -0.4 is 5.73 Å². The predicted octanol–water partition coefficient (Wildman–Crippen LogP) is 2.23. The highest BCUT2D eigenvalue weighted by atomic mass is 79.9. The molecule has 0 spiro atoms. The number of methoxy groups -OCH3 is 1. The third-order valence-electron chi connectivity index (χ3n) is 3.10. The van der Waals surface area contributed by atoms with Crippen LogP contribution in [0.15, 0.2) is 15.9 Å². The molecule has 1 heterocycles. The second-order valence-electron chi connectivity index (χ2n) is 4.71. The van der Waals surface area contributed by atoms with Gasteiger partial charge in [0.2, 0.25) is 0 Å². The smallest absolute Gasteiger partial charge is 0.0900 e. The molecule has 0 fully saturated rings. The summed E-state index contributed by atoms with van der Waals surface area (Å²) in [5.41, 5.74) is 6.25. The molecule has 4 nitrogen and oxygen atoms in total. The van der Waals surface area contributed by atoms with Gasteiger partial charge < -0.3 is 15.6 Å². The molecule has 3 unspecified atom stereocenters. The highest BCUT2D eigenvalue weighted by molar-refractivity contribution is 9.11. The normalized spacial score (nSPS) is 16.6. The highest BCUT2D eigenvalue weighted by Gasteiger charge is 2.26. The molecule has 19 heavy (non-hydrogen) atoms. The Morgan fingerprint density at radius 3 is 2.68 bits per heavy atom. The zero-order valence-corrected chi connectivity index (χ0v) is 14.1. The second kappa shape index (κ2) is 8.34. The Kier molecular flexibility index (Phi) is 7.49. The van der Waals surface area contributed by atoms with Crippen molar-refractivity contribution >= 4 is 27.3 Å². The summed E-state index contributed by atoms with van der Waals surface area (Å²) in [7, 11) is 3.58. The number of thiophene rings is 1. The molecule has 0 bridgehead atoms. The molecule has 3 atom stereocenters. The molecule has 1 aromatic heterocycles. The minimum absolute atomic E-state index is 0.0466. The number of nitrogens with zero attached hydrogens (tertiary/aromatic N) is 1. The van der Waals surface area contributed by atoms with Crippen molar-refractivity contribution in [1.82, 2.24) is 4.90 Å². The zero-order chi connectivity index (χ0) is 14.4. The van der Waals surface area contributed by atoms with E-state index in [1.165, 1.54) is 4.88 Å². The SMILES string of the molecule is CCC(N)C(c1ccc(Br)s1)N(C)CC(O)COC. The summed E-state index contributed by atoms with van der Waals surface area (Å²) >= 11 is 5.18.